The van der Waals surface area contributed by atoms with E-state index in [0.29, 0.717) is 45.4 Å². The van der Waals surface area contributed by atoms with Gasteiger partial charge in [0, 0.05) is 54.3 Å². The molecule has 42 heavy (non-hydrogen) atoms. The average molecular weight is 589 g/mol. The van der Waals surface area contributed by atoms with Gasteiger partial charge in [0.2, 0.25) is 11.8 Å². The summed E-state index contributed by atoms with van der Waals surface area (Å²) < 4.78 is 29.5. The predicted molar refractivity (Wildman–Crippen MR) is 164 cm³/mol. The average Bonchev–Trinajstić information content (AvgIpc) is 3.50. The third kappa shape index (κ3) is 6.54. The zero-order valence-electron chi connectivity index (χ0n) is 27.2. The molecule has 6 nitrogen and oxygen atoms in total. The SMILES string of the molecule is CC1(C)CCC(N(C(=O)C(C)(C)C)[C@H]2C[C@H](CCN)N(C(=O)C3(c4ccc(F)cc4F)CCN(C(C)(C)C)C3)C2)CC1. The molecule has 1 saturated carbocycles. The summed E-state index contributed by atoms with van der Waals surface area (Å²) in [4.78, 5) is 35.1. The van der Waals surface area contributed by atoms with E-state index in [1.807, 2.05) is 25.7 Å². The van der Waals surface area contributed by atoms with Crippen molar-refractivity contribution >= 4 is 11.8 Å². The normalized spacial score (nSPS) is 27.5. The van der Waals surface area contributed by atoms with Crippen molar-refractivity contribution in [3.63, 3.8) is 0 Å². The summed E-state index contributed by atoms with van der Waals surface area (Å²) >= 11 is 0. The van der Waals surface area contributed by atoms with Crippen LogP contribution in [0.1, 0.15) is 106 Å². The molecule has 3 atom stereocenters. The highest BCUT2D eigenvalue weighted by atomic mass is 19.1. The van der Waals surface area contributed by atoms with Gasteiger partial charge < -0.3 is 15.5 Å². The third-order valence-electron chi connectivity index (χ3n) is 10.2. The summed E-state index contributed by atoms with van der Waals surface area (Å²) in [6.07, 6.45) is 5.74. The number of nitrogens with zero attached hydrogens (tertiary/aromatic N) is 3. The van der Waals surface area contributed by atoms with Crippen LogP contribution in [-0.2, 0) is 15.0 Å². The summed E-state index contributed by atoms with van der Waals surface area (Å²) in [5.74, 6) is -1.34. The Kier molecular flexibility index (Phi) is 9.22. The Balaban J connectivity index is 1.72. The quantitative estimate of drug-likeness (QED) is 0.452. The standard InChI is InChI=1S/C34H54F2N4O2/c1-31(2,3)29(41)40(24-11-14-33(7,8)15-12-24)26-20-25(13-17-37)39(21-26)30(42)34(16-18-38(22-34)32(4,5)6)27-10-9-23(35)19-28(27)36/h9-10,19,24-26H,11-18,20-22,37H2,1-8H3/t25-,26-,34?/m0/s1. The lowest BCUT2D eigenvalue weighted by molar-refractivity contribution is -0.147. The van der Waals surface area contributed by atoms with Crippen molar-refractivity contribution in [1.29, 1.82) is 0 Å². The molecule has 2 heterocycles. The molecule has 8 heteroatoms. The molecular formula is C34H54F2N4O2. The second-order valence-electron chi connectivity index (χ2n) is 16.0. The topological polar surface area (TPSA) is 69.9 Å². The molecule has 2 amide bonds. The van der Waals surface area contributed by atoms with Crippen molar-refractivity contribution in [3.05, 3.63) is 35.4 Å². The molecule has 236 valence electrons. The number of amides is 2. The summed E-state index contributed by atoms with van der Waals surface area (Å²) in [6.45, 7) is 18.6. The number of benzene rings is 1. The van der Waals surface area contributed by atoms with Gasteiger partial charge in [0.1, 0.15) is 11.6 Å². The monoisotopic (exact) mass is 588 g/mol. The van der Waals surface area contributed by atoms with Gasteiger partial charge >= 0.3 is 0 Å². The van der Waals surface area contributed by atoms with Crippen LogP contribution in [0, 0.1) is 22.5 Å². The van der Waals surface area contributed by atoms with Crippen LogP contribution in [0.25, 0.3) is 0 Å². The molecule has 2 aliphatic heterocycles. The lowest BCUT2D eigenvalue weighted by Gasteiger charge is -2.45. The van der Waals surface area contributed by atoms with Crippen molar-refractivity contribution < 1.29 is 18.4 Å². The van der Waals surface area contributed by atoms with Gasteiger partial charge in [-0.25, -0.2) is 8.78 Å². The fraction of sp³-hybridized carbons (Fsp3) is 0.765. The number of halogens is 2. The van der Waals surface area contributed by atoms with Gasteiger partial charge in [-0.15, -0.1) is 0 Å². The molecule has 4 rings (SSSR count). The number of rotatable bonds is 6. The van der Waals surface area contributed by atoms with E-state index in [9.17, 15) is 14.0 Å². The lowest BCUT2D eigenvalue weighted by Crippen LogP contribution is -2.55. The van der Waals surface area contributed by atoms with E-state index in [1.54, 1.807) is 0 Å². The Morgan fingerprint density at radius 3 is 2.19 bits per heavy atom. The first kappa shape index (κ1) is 32.8. The molecule has 3 fully saturated rings. The Morgan fingerprint density at radius 2 is 1.67 bits per heavy atom. The van der Waals surface area contributed by atoms with Crippen molar-refractivity contribution in [2.45, 2.75) is 129 Å². The number of carbonyl (C=O) groups excluding carboxylic acids is 2. The van der Waals surface area contributed by atoms with Crippen LogP contribution in [0.2, 0.25) is 0 Å². The van der Waals surface area contributed by atoms with Gasteiger partial charge in [0.15, 0.2) is 0 Å². The summed E-state index contributed by atoms with van der Waals surface area (Å²) in [5.41, 5.74) is 4.70. The van der Waals surface area contributed by atoms with E-state index in [2.05, 4.69) is 44.4 Å². The van der Waals surface area contributed by atoms with Gasteiger partial charge in [0.05, 0.1) is 11.5 Å². The molecule has 1 aromatic carbocycles. The van der Waals surface area contributed by atoms with Crippen molar-refractivity contribution in [2.24, 2.45) is 16.6 Å². The summed E-state index contributed by atoms with van der Waals surface area (Å²) in [7, 11) is 0. The lowest BCUT2D eigenvalue weighted by atomic mass is 9.74. The first-order chi connectivity index (χ1) is 19.4. The maximum absolute atomic E-state index is 15.5. The second-order valence-corrected chi connectivity index (χ2v) is 16.0. The van der Waals surface area contributed by atoms with Crippen molar-refractivity contribution in [1.82, 2.24) is 14.7 Å². The number of carbonyl (C=O) groups is 2. The van der Waals surface area contributed by atoms with E-state index >= 15 is 4.39 Å². The molecule has 1 unspecified atom stereocenters. The number of likely N-dealkylation sites (tertiary alicyclic amines) is 2. The molecular weight excluding hydrogens is 534 g/mol. The number of hydrogen-bond donors (Lipinski definition) is 1. The zero-order chi connectivity index (χ0) is 31.3. The Morgan fingerprint density at radius 1 is 1.02 bits per heavy atom. The predicted octanol–water partition coefficient (Wildman–Crippen LogP) is 5.87. The van der Waals surface area contributed by atoms with E-state index in [-0.39, 0.29) is 46.5 Å². The highest BCUT2D eigenvalue weighted by Gasteiger charge is 2.54. The van der Waals surface area contributed by atoms with Crippen LogP contribution in [-0.4, -0.2) is 76.4 Å². The second kappa shape index (κ2) is 11.8. The third-order valence-corrected chi connectivity index (χ3v) is 10.2. The molecule has 0 spiro atoms. The van der Waals surface area contributed by atoms with Crippen LogP contribution in [0.4, 0.5) is 8.78 Å². The maximum Gasteiger partial charge on any atom is 0.235 e. The van der Waals surface area contributed by atoms with E-state index in [1.165, 1.54) is 12.1 Å². The van der Waals surface area contributed by atoms with Crippen LogP contribution >= 0.6 is 0 Å². The van der Waals surface area contributed by atoms with Gasteiger partial charge in [-0.05, 0) is 83.7 Å². The molecule has 0 bridgehead atoms. The fourth-order valence-electron chi connectivity index (χ4n) is 7.53. The molecule has 3 aliphatic rings. The molecule has 2 N–H and O–H groups in total. The summed E-state index contributed by atoms with van der Waals surface area (Å²) in [6, 6.07) is 3.47. The van der Waals surface area contributed by atoms with Gasteiger partial charge in [0.25, 0.3) is 0 Å². The molecule has 1 aromatic rings. The zero-order valence-corrected chi connectivity index (χ0v) is 27.2. The van der Waals surface area contributed by atoms with Gasteiger partial charge in [-0.2, -0.15) is 0 Å². The first-order valence-electron chi connectivity index (χ1n) is 15.9. The van der Waals surface area contributed by atoms with Crippen LogP contribution in [0.15, 0.2) is 18.2 Å². The molecule has 0 radical (unpaired) electrons. The fourth-order valence-corrected chi connectivity index (χ4v) is 7.53. The molecule has 2 saturated heterocycles. The first-order valence-corrected chi connectivity index (χ1v) is 15.9. The van der Waals surface area contributed by atoms with E-state index in [4.69, 9.17) is 5.73 Å². The Bertz CT molecular complexity index is 1150. The minimum absolute atomic E-state index is 0.122. The minimum Gasteiger partial charge on any atom is -0.337 e. The van der Waals surface area contributed by atoms with E-state index < -0.39 is 22.5 Å². The van der Waals surface area contributed by atoms with Crippen LogP contribution in [0.5, 0.6) is 0 Å². The van der Waals surface area contributed by atoms with Crippen LogP contribution < -0.4 is 5.73 Å². The van der Waals surface area contributed by atoms with Gasteiger partial charge in [-0.1, -0.05) is 40.7 Å². The van der Waals surface area contributed by atoms with Gasteiger partial charge in [-0.3, -0.25) is 14.5 Å². The minimum atomic E-state index is -1.14. The maximum atomic E-state index is 15.5. The molecule has 0 aromatic heterocycles. The van der Waals surface area contributed by atoms with Crippen LogP contribution in [0.3, 0.4) is 0 Å². The van der Waals surface area contributed by atoms with Crippen molar-refractivity contribution in [3.8, 4) is 0 Å². The molecule has 1 aliphatic carbocycles. The highest BCUT2D eigenvalue weighted by molar-refractivity contribution is 5.90. The highest BCUT2D eigenvalue weighted by Crippen LogP contribution is 2.44. The Labute approximate surface area is 252 Å². The number of hydrogen-bond acceptors (Lipinski definition) is 4. The largest absolute Gasteiger partial charge is 0.337 e. The summed E-state index contributed by atoms with van der Waals surface area (Å²) in [5, 5.41) is 0. The number of nitrogens with two attached hydrogens (primary N) is 1. The Hall–Kier alpha value is -2.06. The van der Waals surface area contributed by atoms with Crippen molar-refractivity contribution in [2.75, 3.05) is 26.2 Å². The van der Waals surface area contributed by atoms with E-state index in [0.717, 1.165) is 31.7 Å². The smallest absolute Gasteiger partial charge is 0.235 e.